The van der Waals surface area contributed by atoms with Gasteiger partial charge >= 0.3 is 0 Å². The Morgan fingerprint density at radius 2 is 2.15 bits per heavy atom. The Bertz CT molecular complexity index is 1250. The first kappa shape index (κ1) is 15.9. The van der Waals surface area contributed by atoms with Crippen LogP contribution in [0.1, 0.15) is 36.9 Å². The van der Waals surface area contributed by atoms with Crippen LogP contribution < -0.4 is 5.56 Å². The van der Waals surface area contributed by atoms with E-state index < -0.39 is 0 Å². The zero-order chi connectivity index (χ0) is 18.4. The Morgan fingerprint density at radius 1 is 1.22 bits per heavy atom. The van der Waals surface area contributed by atoms with Gasteiger partial charge in [-0.25, -0.2) is 4.98 Å². The van der Waals surface area contributed by atoms with Crippen LogP contribution in [0.25, 0.3) is 33.4 Å². The second-order valence-electron chi connectivity index (χ2n) is 6.99. The van der Waals surface area contributed by atoms with E-state index in [4.69, 9.17) is 0 Å². The highest BCUT2D eigenvalue weighted by molar-refractivity contribution is 5.86. The molecule has 4 aromatic heterocycles. The van der Waals surface area contributed by atoms with Crippen molar-refractivity contribution in [2.45, 2.75) is 32.6 Å². The number of aryl methyl sites for hydroxylation is 1. The normalized spacial score (nSPS) is 14.6. The molecule has 0 aromatic carbocycles. The molecule has 27 heavy (non-hydrogen) atoms. The lowest BCUT2D eigenvalue weighted by Gasteiger charge is -2.12. The molecule has 4 heterocycles. The fraction of sp³-hybridized carbons (Fsp3) is 0.238. The summed E-state index contributed by atoms with van der Waals surface area (Å²) in [5.41, 5.74) is 5.95. The van der Waals surface area contributed by atoms with Gasteiger partial charge in [0, 0.05) is 35.1 Å². The van der Waals surface area contributed by atoms with Gasteiger partial charge < -0.3 is 4.98 Å². The van der Waals surface area contributed by atoms with Crippen LogP contribution in [0.3, 0.4) is 0 Å². The summed E-state index contributed by atoms with van der Waals surface area (Å²) in [7, 11) is 0. The molecule has 0 saturated carbocycles. The number of rotatable bonds is 2. The number of fused-ring (bicyclic) bond motifs is 3. The number of allylic oxidation sites excluding steroid dienone is 2. The quantitative estimate of drug-likeness (QED) is 0.590. The van der Waals surface area contributed by atoms with Gasteiger partial charge in [0.25, 0.3) is 5.56 Å². The molecule has 0 spiro atoms. The summed E-state index contributed by atoms with van der Waals surface area (Å²) < 4.78 is 1.73. The zero-order valence-electron chi connectivity index (χ0n) is 15.1. The van der Waals surface area contributed by atoms with E-state index in [2.05, 4.69) is 26.1 Å². The maximum Gasteiger partial charge on any atom is 0.257 e. The topological polar surface area (TPSA) is 75.9 Å². The number of hydrogen-bond acceptors (Lipinski definition) is 4. The van der Waals surface area contributed by atoms with Crippen LogP contribution >= 0.6 is 0 Å². The van der Waals surface area contributed by atoms with Crippen molar-refractivity contribution >= 4 is 22.3 Å². The molecule has 1 aliphatic carbocycles. The first-order valence-corrected chi connectivity index (χ1v) is 9.23. The van der Waals surface area contributed by atoms with Crippen molar-refractivity contribution in [2.24, 2.45) is 0 Å². The average Bonchev–Trinajstić information content (AvgIpc) is 3.05. The number of aromatic amines is 1. The second-order valence-corrected chi connectivity index (χ2v) is 6.99. The van der Waals surface area contributed by atoms with Crippen molar-refractivity contribution in [3.8, 4) is 11.1 Å². The number of nitrogens with one attached hydrogen (secondary N) is 1. The van der Waals surface area contributed by atoms with E-state index in [9.17, 15) is 4.79 Å². The van der Waals surface area contributed by atoms with E-state index >= 15 is 0 Å². The van der Waals surface area contributed by atoms with E-state index in [1.807, 2.05) is 31.3 Å². The fourth-order valence-electron chi connectivity index (χ4n) is 3.90. The number of hydrogen-bond donors (Lipinski definition) is 1. The summed E-state index contributed by atoms with van der Waals surface area (Å²) in [6.45, 7) is 1.95. The van der Waals surface area contributed by atoms with Gasteiger partial charge in [-0.3, -0.25) is 9.78 Å². The molecule has 0 atom stereocenters. The van der Waals surface area contributed by atoms with Crippen LogP contribution in [-0.2, 0) is 0 Å². The molecule has 6 heteroatoms. The summed E-state index contributed by atoms with van der Waals surface area (Å²) in [5.74, 6) is 0. The van der Waals surface area contributed by atoms with E-state index in [1.165, 1.54) is 6.42 Å². The first-order valence-electron chi connectivity index (χ1n) is 9.23. The van der Waals surface area contributed by atoms with Crippen molar-refractivity contribution in [2.75, 3.05) is 0 Å². The lowest BCUT2D eigenvalue weighted by atomic mass is 9.94. The Morgan fingerprint density at radius 3 is 2.93 bits per heavy atom. The van der Waals surface area contributed by atoms with E-state index in [0.717, 1.165) is 52.6 Å². The predicted octanol–water partition coefficient (Wildman–Crippen LogP) is 3.90. The van der Waals surface area contributed by atoms with Crippen molar-refractivity contribution in [1.29, 1.82) is 0 Å². The third-order valence-electron chi connectivity index (χ3n) is 5.21. The lowest BCUT2D eigenvalue weighted by Crippen LogP contribution is -2.14. The van der Waals surface area contributed by atoms with Gasteiger partial charge in [0.1, 0.15) is 5.65 Å². The van der Waals surface area contributed by atoms with Crippen molar-refractivity contribution in [1.82, 2.24) is 24.6 Å². The molecule has 134 valence electrons. The highest BCUT2D eigenvalue weighted by Gasteiger charge is 2.17. The number of pyridine rings is 2. The molecule has 0 fully saturated rings. The summed E-state index contributed by atoms with van der Waals surface area (Å²) in [4.78, 5) is 24.7. The Hall–Kier alpha value is -3.28. The maximum absolute atomic E-state index is 12.8. The first-order chi connectivity index (χ1) is 13.2. The Kier molecular flexibility index (Phi) is 3.63. The lowest BCUT2D eigenvalue weighted by molar-refractivity contribution is 0.741. The summed E-state index contributed by atoms with van der Waals surface area (Å²) >= 11 is 0. The number of nitrogens with zero attached hydrogens (tertiary/aromatic N) is 4. The van der Waals surface area contributed by atoms with Crippen molar-refractivity contribution < 1.29 is 0 Å². The average molecular weight is 357 g/mol. The van der Waals surface area contributed by atoms with Gasteiger partial charge in [0.2, 0.25) is 0 Å². The summed E-state index contributed by atoms with van der Waals surface area (Å²) in [5, 5.41) is 5.52. The fourth-order valence-corrected chi connectivity index (χ4v) is 3.90. The van der Waals surface area contributed by atoms with E-state index in [1.54, 1.807) is 16.9 Å². The van der Waals surface area contributed by atoms with Gasteiger partial charge in [0.05, 0.1) is 11.3 Å². The second kappa shape index (κ2) is 6.16. The molecule has 0 aliphatic heterocycles. The van der Waals surface area contributed by atoms with Crippen LogP contribution in [0.2, 0.25) is 0 Å². The monoisotopic (exact) mass is 357 g/mol. The minimum Gasteiger partial charge on any atom is -0.306 e. The van der Waals surface area contributed by atoms with Gasteiger partial charge in [-0.15, -0.1) is 0 Å². The van der Waals surface area contributed by atoms with Crippen molar-refractivity contribution in [3.05, 3.63) is 64.5 Å². The van der Waals surface area contributed by atoms with Crippen LogP contribution in [-0.4, -0.2) is 24.6 Å². The minimum atomic E-state index is -0.0702. The largest absolute Gasteiger partial charge is 0.306 e. The van der Waals surface area contributed by atoms with Crippen LogP contribution in [0.5, 0.6) is 0 Å². The van der Waals surface area contributed by atoms with Gasteiger partial charge in [-0.2, -0.15) is 9.61 Å². The third kappa shape index (κ3) is 2.56. The Labute approximate surface area is 155 Å². The summed E-state index contributed by atoms with van der Waals surface area (Å²) in [6.07, 6.45) is 11.9. The molecule has 0 saturated heterocycles. The molecule has 0 bridgehead atoms. The molecule has 0 unspecified atom stereocenters. The maximum atomic E-state index is 12.8. The molecular formula is C21H19N5O. The van der Waals surface area contributed by atoms with E-state index in [0.29, 0.717) is 11.3 Å². The molecule has 0 radical (unpaired) electrons. The van der Waals surface area contributed by atoms with Crippen LogP contribution in [0, 0.1) is 6.92 Å². The van der Waals surface area contributed by atoms with Gasteiger partial charge in [-0.05, 0) is 50.3 Å². The SMILES string of the molecule is Cc1nn2c(ncc3cc(C4=CCCCC4)c(=O)[nH]c32)c1-c1cccnc1. The standard InChI is InChI=1S/C21H19N5O/c1-13-18(15-8-5-9-22-11-15)20-23-12-16-10-17(14-6-3-2-4-7-14)21(27)24-19(16)26(20)25-13/h5-6,8-12H,2-4,7H2,1H3,(H,24,27). The third-order valence-corrected chi connectivity index (χ3v) is 5.21. The highest BCUT2D eigenvalue weighted by atomic mass is 16.1. The van der Waals surface area contributed by atoms with Gasteiger partial charge in [-0.1, -0.05) is 12.1 Å². The number of aromatic nitrogens is 5. The number of H-pyrrole nitrogens is 1. The summed E-state index contributed by atoms with van der Waals surface area (Å²) in [6, 6.07) is 5.83. The Balaban J connectivity index is 1.76. The molecule has 6 nitrogen and oxygen atoms in total. The van der Waals surface area contributed by atoms with Crippen LogP contribution in [0.4, 0.5) is 0 Å². The van der Waals surface area contributed by atoms with Crippen molar-refractivity contribution in [3.63, 3.8) is 0 Å². The van der Waals surface area contributed by atoms with Crippen LogP contribution in [0.15, 0.2) is 47.7 Å². The van der Waals surface area contributed by atoms with Gasteiger partial charge in [0.15, 0.2) is 5.65 Å². The molecular weight excluding hydrogens is 338 g/mol. The molecule has 5 rings (SSSR count). The smallest absolute Gasteiger partial charge is 0.257 e. The molecule has 4 aromatic rings. The molecule has 1 N–H and O–H groups in total. The predicted molar refractivity (Wildman–Crippen MR) is 106 cm³/mol. The van der Waals surface area contributed by atoms with E-state index in [-0.39, 0.29) is 5.56 Å². The molecule has 1 aliphatic rings. The highest BCUT2D eigenvalue weighted by Crippen LogP contribution is 2.29. The molecule has 0 amide bonds. The zero-order valence-corrected chi connectivity index (χ0v) is 15.1. The minimum absolute atomic E-state index is 0.0702.